The van der Waals surface area contributed by atoms with Crippen LogP contribution in [0.3, 0.4) is 0 Å². The molecule has 0 saturated carbocycles. The summed E-state index contributed by atoms with van der Waals surface area (Å²) >= 11 is 0. The normalized spacial score (nSPS) is 12.5. The van der Waals surface area contributed by atoms with Crippen LogP contribution in [-0.4, -0.2) is 56.6 Å². The van der Waals surface area contributed by atoms with E-state index in [1.165, 1.54) is 11.1 Å². The fourth-order valence-electron chi connectivity index (χ4n) is 7.61. The zero-order valence-corrected chi connectivity index (χ0v) is 39.9. The fraction of sp³-hybridized carbons (Fsp3) is 0.321. The van der Waals surface area contributed by atoms with E-state index >= 15 is 0 Å². The second-order valence-corrected chi connectivity index (χ2v) is 20.2. The first kappa shape index (κ1) is 50.5. The number of benzene rings is 6. The van der Waals surface area contributed by atoms with Crippen molar-refractivity contribution in [1.29, 1.82) is 0 Å². The first-order valence-electron chi connectivity index (χ1n) is 21.3. The van der Waals surface area contributed by atoms with Crippen molar-refractivity contribution < 1.29 is 43.6 Å². The number of aliphatic hydroxyl groups is 4. The van der Waals surface area contributed by atoms with E-state index in [9.17, 15) is 9.79 Å². The summed E-state index contributed by atoms with van der Waals surface area (Å²) in [5, 5.41) is 34.0. The molecule has 64 heavy (non-hydrogen) atoms. The van der Waals surface area contributed by atoms with Crippen LogP contribution >= 0.6 is 17.2 Å². The van der Waals surface area contributed by atoms with Crippen LogP contribution in [-0.2, 0) is 26.0 Å². The lowest BCUT2D eigenvalue weighted by atomic mass is 9.73. The van der Waals surface area contributed by atoms with Crippen molar-refractivity contribution in [2.45, 2.75) is 77.0 Å². The van der Waals surface area contributed by atoms with Gasteiger partial charge in [-0.3, -0.25) is 0 Å². The van der Waals surface area contributed by atoms with Gasteiger partial charge in [0.1, 0.15) is 11.5 Å². The van der Waals surface area contributed by atoms with Crippen molar-refractivity contribution in [2.24, 2.45) is 5.41 Å². The average molecular weight is 907 g/mol. The van der Waals surface area contributed by atoms with Crippen LogP contribution in [0.5, 0.6) is 11.5 Å². The highest BCUT2D eigenvalue weighted by Gasteiger charge is 2.36. The molecule has 0 spiro atoms. The largest absolute Gasteiger partial charge is 0.470 e. The van der Waals surface area contributed by atoms with Gasteiger partial charge < -0.3 is 39.3 Å². The van der Waals surface area contributed by atoms with Crippen molar-refractivity contribution >= 4 is 17.2 Å². The van der Waals surface area contributed by atoms with Gasteiger partial charge in [-0.2, -0.15) is 0 Å². The molecule has 0 saturated heterocycles. The fourth-order valence-corrected chi connectivity index (χ4v) is 9.03. The van der Waals surface area contributed by atoms with Crippen molar-refractivity contribution in [1.82, 2.24) is 0 Å². The number of rotatable bonds is 18. The van der Waals surface area contributed by atoms with Crippen LogP contribution in [0.1, 0.15) is 99.9 Å². The minimum atomic E-state index is -2.83. The topological polar surface area (TPSA) is 149 Å². The van der Waals surface area contributed by atoms with Crippen LogP contribution in [0, 0.1) is 5.41 Å². The number of aliphatic hydroxyl groups excluding tert-OH is 4. The summed E-state index contributed by atoms with van der Waals surface area (Å²) in [7, 11) is -5.18. The van der Waals surface area contributed by atoms with E-state index in [0.29, 0.717) is 11.5 Å². The molecule has 11 heteroatoms. The third kappa shape index (κ3) is 11.7. The SMILES string of the molecule is CC(C)(c1ccccc1)c1ccc(OP(Oc2ccc(C(C)(C)c3ccccc3)cc2C(C)(C)c2ccccc2)OP(O)O)c(C(C)(C)c2ccccc2)c1.OCC(CO)(CO)CO. The summed E-state index contributed by atoms with van der Waals surface area (Å²) in [6, 6.07) is 54.1. The second kappa shape index (κ2) is 21.7. The van der Waals surface area contributed by atoms with Crippen molar-refractivity contribution in [3.63, 3.8) is 0 Å². The summed E-state index contributed by atoms with van der Waals surface area (Å²) in [6.07, 6.45) is 0. The predicted octanol–water partition coefficient (Wildman–Crippen LogP) is 10.8. The van der Waals surface area contributed by atoms with Gasteiger partial charge in [-0.15, -0.1) is 0 Å². The summed E-state index contributed by atoms with van der Waals surface area (Å²) < 4.78 is 19.1. The molecule has 0 unspecified atom stereocenters. The molecule has 340 valence electrons. The molecule has 0 aliphatic carbocycles. The van der Waals surface area contributed by atoms with Gasteiger partial charge in [0, 0.05) is 32.8 Å². The van der Waals surface area contributed by atoms with E-state index in [1.807, 2.05) is 60.7 Å². The highest BCUT2D eigenvalue weighted by Crippen LogP contribution is 2.55. The Bertz CT molecular complexity index is 2180. The molecule has 6 aromatic rings. The zero-order valence-electron chi connectivity index (χ0n) is 38.1. The molecule has 6 aromatic carbocycles. The molecule has 0 heterocycles. The van der Waals surface area contributed by atoms with E-state index in [0.717, 1.165) is 33.4 Å². The first-order chi connectivity index (χ1) is 30.4. The molecular weight excluding hydrogens is 843 g/mol. The first-order valence-corrected chi connectivity index (χ1v) is 23.6. The van der Waals surface area contributed by atoms with E-state index in [2.05, 4.69) is 152 Å². The molecule has 0 fully saturated rings. The van der Waals surface area contributed by atoms with Gasteiger partial charge in [0.05, 0.1) is 31.8 Å². The number of hydrogen-bond acceptors (Lipinski definition) is 9. The molecular formula is C53H64O9P2. The predicted molar refractivity (Wildman–Crippen MR) is 259 cm³/mol. The Balaban J connectivity index is 0.000000772. The van der Waals surface area contributed by atoms with Gasteiger partial charge >= 0.3 is 17.2 Å². The number of hydrogen-bond donors (Lipinski definition) is 6. The molecule has 9 nitrogen and oxygen atoms in total. The quantitative estimate of drug-likeness (QED) is 0.0464. The Morgan fingerprint density at radius 1 is 0.375 bits per heavy atom. The smallest absolute Gasteiger partial charge is 0.417 e. The van der Waals surface area contributed by atoms with E-state index in [4.69, 9.17) is 33.8 Å². The van der Waals surface area contributed by atoms with Gasteiger partial charge in [0.15, 0.2) is 0 Å². The Morgan fingerprint density at radius 3 is 0.906 bits per heavy atom. The van der Waals surface area contributed by atoms with E-state index in [1.54, 1.807) is 0 Å². The van der Waals surface area contributed by atoms with Crippen molar-refractivity contribution in [3.05, 3.63) is 202 Å². The van der Waals surface area contributed by atoms with Gasteiger partial charge in [-0.25, -0.2) is 4.31 Å². The van der Waals surface area contributed by atoms with Crippen molar-refractivity contribution in [2.75, 3.05) is 26.4 Å². The third-order valence-electron chi connectivity index (χ3n) is 12.6. The summed E-state index contributed by atoms with van der Waals surface area (Å²) in [5.74, 6) is 1.07. The highest BCUT2D eigenvalue weighted by molar-refractivity contribution is 7.55. The van der Waals surface area contributed by atoms with E-state index in [-0.39, 0.29) is 10.8 Å². The molecule has 6 rings (SSSR count). The molecule has 0 atom stereocenters. The Morgan fingerprint density at radius 2 is 0.656 bits per heavy atom. The average Bonchev–Trinajstić information content (AvgIpc) is 3.31. The molecule has 6 N–H and O–H groups in total. The van der Waals surface area contributed by atoms with Gasteiger partial charge in [0.25, 0.3) is 0 Å². The van der Waals surface area contributed by atoms with E-state index < -0.39 is 59.9 Å². The molecule has 0 aromatic heterocycles. The highest BCUT2D eigenvalue weighted by atomic mass is 31.2. The molecule has 0 radical (unpaired) electrons. The molecule has 0 aliphatic rings. The minimum Gasteiger partial charge on any atom is -0.417 e. The van der Waals surface area contributed by atoms with Gasteiger partial charge in [-0.05, 0) is 45.5 Å². The Hall–Kier alpha value is -4.50. The molecule has 0 bridgehead atoms. The minimum absolute atomic E-state index is 0.309. The van der Waals surface area contributed by atoms with Crippen LogP contribution < -0.4 is 9.05 Å². The third-order valence-corrected chi connectivity index (χ3v) is 14.4. The lowest BCUT2D eigenvalue weighted by Gasteiger charge is -2.34. The zero-order chi connectivity index (χ0) is 46.8. The summed E-state index contributed by atoms with van der Waals surface area (Å²) in [6.45, 7) is 16.0. The molecule has 0 aliphatic heterocycles. The Kier molecular flexibility index (Phi) is 17.1. The van der Waals surface area contributed by atoms with Crippen LogP contribution in [0.25, 0.3) is 0 Å². The second-order valence-electron chi connectivity index (χ2n) is 18.3. The van der Waals surface area contributed by atoms with Crippen molar-refractivity contribution in [3.8, 4) is 11.5 Å². The lowest BCUT2D eigenvalue weighted by Crippen LogP contribution is -2.37. The van der Waals surface area contributed by atoms with Gasteiger partial charge in [-0.1, -0.05) is 201 Å². The van der Waals surface area contributed by atoms with Crippen LogP contribution in [0.2, 0.25) is 0 Å². The summed E-state index contributed by atoms with van der Waals surface area (Å²) in [5.41, 5.74) is 5.94. The maximum Gasteiger partial charge on any atom is 0.470 e. The maximum absolute atomic E-state index is 10.3. The van der Waals surface area contributed by atoms with Crippen LogP contribution in [0.15, 0.2) is 158 Å². The van der Waals surface area contributed by atoms with Crippen LogP contribution in [0.4, 0.5) is 0 Å². The Labute approximate surface area is 382 Å². The monoisotopic (exact) mass is 906 g/mol. The maximum atomic E-state index is 10.3. The van der Waals surface area contributed by atoms with Gasteiger partial charge in [0.2, 0.25) is 0 Å². The summed E-state index contributed by atoms with van der Waals surface area (Å²) in [4.78, 5) is 20.6. The lowest BCUT2D eigenvalue weighted by molar-refractivity contribution is -0.0328. The molecule has 0 amide bonds. The standard InChI is InChI=1S/C48H52O5P2.C5H12O4/c1-45(2,35-21-13-9-14-22-35)39-29-31-43(41(33-39)47(5,6)37-25-17-11-18-26-37)51-55(53-54(49)50)52-44-32-30-40(46(3,4)36-23-15-10-16-24-36)34-42(44)48(7,8)38-27-19-12-20-28-38;6-1-5(2-7,3-8)4-9/h9-34,49-50H,1-8H3;6-9H,1-4H2.